The van der Waals surface area contributed by atoms with Gasteiger partial charge < -0.3 is 9.84 Å². The minimum atomic E-state index is -3.68. The zero-order valence-electron chi connectivity index (χ0n) is 10.8. The summed E-state index contributed by atoms with van der Waals surface area (Å²) < 4.78 is 53.6. The maximum Gasteiger partial charge on any atom is 0.334 e. The molecule has 2 saturated heterocycles. The number of rotatable bonds is 3. The number of morpholine rings is 1. The highest BCUT2D eigenvalue weighted by molar-refractivity contribution is 7.92. The largest absolute Gasteiger partial charge is 0.479 e. The van der Waals surface area contributed by atoms with Crippen molar-refractivity contribution in [2.24, 2.45) is 0 Å². The van der Waals surface area contributed by atoms with Gasteiger partial charge in [-0.05, 0) is 12.8 Å². The first kappa shape index (κ1) is 15.7. The Kier molecular flexibility index (Phi) is 4.38. The number of carboxylic acids is 1. The predicted octanol–water partition coefficient (Wildman–Crippen LogP) is -1.32. The fraction of sp³-hybridized carbons (Fsp3) is 0.900. The average Bonchev–Trinajstić information content (AvgIpc) is 2.38. The number of carboxylic acid groups (broad SMARTS) is 1. The van der Waals surface area contributed by atoms with E-state index in [1.54, 1.807) is 0 Å². The van der Waals surface area contributed by atoms with Crippen LogP contribution in [0.5, 0.6) is 0 Å². The minimum Gasteiger partial charge on any atom is -0.479 e. The summed E-state index contributed by atoms with van der Waals surface area (Å²) in [6, 6.07) is 0. The molecule has 2 aliphatic heterocycles. The van der Waals surface area contributed by atoms with E-state index >= 15 is 0 Å². The van der Waals surface area contributed by atoms with Crippen molar-refractivity contribution in [3.8, 4) is 0 Å². The lowest BCUT2D eigenvalue weighted by atomic mass is 10.2. The zero-order valence-corrected chi connectivity index (χ0v) is 12.4. The SMILES string of the molecule is O=C(O)C1CN(S(=O)(=O)C2CCS(=O)(=O)CC2)CCO1. The second kappa shape index (κ2) is 5.58. The molecule has 1 unspecified atom stereocenters. The molecule has 2 fully saturated rings. The van der Waals surface area contributed by atoms with Crippen molar-refractivity contribution in [2.45, 2.75) is 24.2 Å². The molecule has 0 bridgehead atoms. The van der Waals surface area contributed by atoms with Gasteiger partial charge in [-0.25, -0.2) is 21.6 Å². The Morgan fingerprint density at radius 2 is 1.85 bits per heavy atom. The molecule has 116 valence electrons. The van der Waals surface area contributed by atoms with Gasteiger partial charge in [-0.1, -0.05) is 0 Å². The third kappa shape index (κ3) is 3.30. The molecule has 1 atom stereocenters. The summed E-state index contributed by atoms with van der Waals surface area (Å²) in [5, 5.41) is 8.12. The lowest BCUT2D eigenvalue weighted by Gasteiger charge is -2.34. The second-order valence-corrected chi connectivity index (χ2v) is 9.47. The molecule has 8 nitrogen and oxygen atoms in total. The van der Waals surface area contributed by atoms with Gasteiger partial charge in [-0.2, -0.15) is 4.31 Å². The highest BCUT2D eigenvalue weighted by Crippen LogP contribution is 2.24. The fourth-order valence-electron chi connectivity index (χ4n) is 2.38. The van der Waals surface area contributed by atoms with Gasteiger partial charge in [-0.3, -0.25) is 0 Å². The fourth-order valence-corrected chi connectivity index (χ4v) is 6.10. The van der Waals surface area contributed by atoms with E-state index in [2.05, 4.69) is 0 Å². The molecule has 2 rings (SSSR count). The molecule has 10 heteroatoms. The van der Waals surface area contributed by atoms with Gasteiger partial charge in [-0.15, -0.1) is 0 Å². The molecule has 20 heavy (non-hydrogen) atoms. The van der Waals surface area contributed by atoms with Crippen LogP contribution in [-0.4, -0.2) is 74.8 Å². The Hall–Kier alpha value is -0.710. The third-order valence-corrected chi connectivity index (χ3v) is 7.67. The highest BCUT2D eigenvalue weighted by atomic mass is 32.2. The van der Waals surface area contributed by atoms with Crippen molar-refractivity contribution in [3.05, 3.63) is 0 Å². The van der Waals surface area contributed by atoms with Crippen LogP contribution >= 0.6 is 0 Å². The van der Waals surface area contributed by atoms with Crippen LogP contribution in [0.1, 0.15) is 12.8 Å². The van der Waals surface area contributed by atoms with Crippen molar-refractivity contribution in [1.29, 1.82) is 0 Å². The molecule has 0 aliphatic carbocycles. The number of aliphatic carboxylic acids is 1. The van der Waals surface area contributed by atoms with Crippen molar-refractivity contribution >= 4 is 25.8 Å². The van der Waals surface area contributed by atoms with Gasteiger partial charge in [0.15, 0.2) is 6.10 Å². The van der Waals surface area contributed by atoms with Crippen molar-refractivity contribution in [3.63, 3.8) is 0 Å². The van der Waals surface area contributed by atoms with Crippen LogP contribution in [0.2, 0.25) is 0 Å². The van der Waals surface area contributed by atoms with Crippen LogP contribution in [0.15, 0.2) is 0 Å². The smallest absolute Gasteiger partial charge is 0.334 e. The number of ether oxygens (including phenoxy) is 1. The Bertz CT molecular complexity index is 569. The van der Waals surface area contributed by atoms with Crippen molar-refractivity contribution < 1.29 is 31.5 Å². The maximum absolute atomic E-state index is 12.4. The van der Waals surface area contributed by atoms with E-state index in [0.29, 0.717) is 0 Å². The van der Waals surface area contributed by atoms with Gasteiger partial charge in [0.05, 0.1) is 29.9 Å². The van der Waals surface area contributed by atoms with Gasteiger partial charge in [0, 0.05) is 6.54 Å². The quantitative estimate of drug-likeness (QED) is 0.683. The number of hydrogen-bond donors (Lipinski definition) is 1. The van der Waals surface area contributed by atoms with Crippen LogP contribution in [-0.2, 0) is 29.4 Å². The minimum absolute atomic E-state index is 0.0290. The van der Waals surface area contributed by atoms with Gasteiger partial charge in [0.1, 0.15) is 9.84 Å². The van der Waals surface area contributed by atoms with Crippen LogP contribution in [0.4, 0.5) is 0 Å². The molecule has 0 radical (unpaired) electrons. The molecule has 0 spiro atoms. The first-order valence-electron chi connectivity index (χ1n) is 6.26. The Morgan fingerprint density at radius 3 is 2.40 bits per heavy atom. The predicted molar refractivity (Wildman–Crippen MR) is 69.5 cm³/mol. The van der Waals surface area contributed by atoms with Gasteiger partial charge in [0.25, 0.3) is 0 Å². The summed E-state index contributed by atoms with van der Waals surface area (Å²) in [6.07, 6.45) is -1.02. The van der Waals surface area contributed by atoms with E-state index in [-0.39, 0.29) is 44.0 Å². The second-order valence-electron chi connectivity index (χ2n) is 4.95. The van der Waals surface area contributed by atoms with E-state index in [9.17, 15) is 21.6 Å². The van der Waals surface area contributed by atoms with E-state index in [4.69, 9.17) is 9.84 Å². The molecule has 1 N–H and O–H groups in total. The van der Waals surface area contributed by atoms with Crippen LogP contribution in [0.25, 0.3) is 0 Å². The molecule has 0 saturated carbocycles. The summed E-state index contributed by atoms with van der Waals surface area (Å²) in [7, 11) is -6.81. The van der Waals surface area contributed by atoms with E-state index in [1.165, 1.54) is 0 Å². The lowest BCUT2D eigenvalue weighted by molar-refractivity contribution is -0.153. The summed E-state index contributed by atoms with van der Waals surface area (Å²) in [6.45, 7) is -0.0858. The first-order valence-corrected chi connectivity index (χ1v) is 9.58. The van der Waals surface area contributed by atoms with Crippen LogP contribution in [0, 0.1) is 0 Å². The molecular formula is C10H17NO7S2. The zero-order chi connectivity index (χ0) is 15.0. The normalized spacial score (nSPS) is 29.1. The molecule has 2 heterocycles. The summed E-state index contributed by atoms with van der Waals surface area (Å²) in [5.41, 5.74) is 0. The summed E-state index contributed by atoms with van der Waals surface area (Å²) in [5.74, 6) is -1.47. The molecule has 0 aromatic rings. The number of hydrogen-bond acceptors (Lipinski definition) is 6. The highest BCUT2D eigenvalue weighted by Gasteiger charge is 2.40. The molecular weight excluding hydrogens is 310 g/mol. The van der Waals surface area contributed by atoms with Crippen LogP contribution in [0.3, 0.4) is 0 Å². The molecule has 2 aliphatic rings. The van der Waals surface area contributed by atoms with Gasteiger partial charge >= 0.3 is 5.97 Å². The number of sulfone groups is 1. The summed E-state index contributed by atoms with van der Waals surface area (Å²) >= 11 is 0. The molecule has 0 aromatic heterocycles. The Morgan fingerprint density at radius 1 is 1.25 bits per heavy atom. The third-order valence-electron chi connectivity index (χ3n) is 3.59. The molecule has 0 amide bonds. The maximum atomic E-state index is 12.4. The standard InChI is InChI=1S/C10H17NO7S2/c12-10(13)9-7-11(3-4-18-9)20(16,17)8-1-5-19(14,15)6-2-8/h8-9H,1-7H2,(H,12,13). The van der Waals surface area contributed by atoms with Crippen molar-refractivity contribution in [2.75, 3.05) is 31.2 Å². The monoisotopic (exact) mass is 327 g/mol. The summed E-state index contributed by atoms with van der Waals surface area (Å²) in [4.78, 5) is 10.9. The first-order chi connectivity index (χ1) is 9.22. The van der Waals surface area contributed by atoms with Crippen LogP contribution < -0.4 is 0 Å². The lowest BCUT2D eigenvalue weighted by Crippen LogP contribution is -2.52. The Labute approximate surface area is 117 Å². The topological polar surface area (TPSA) is 118 Å². The van der Waals surface area contributed by atoms with E-state index in [1.807, 2.05) is 0 Å². The van der Waals surface area contributed by atoms with E-state index in [0.717, 1.165) is 4.31 Å². The average molecular weight is 327 g/mol. The van der Waals surface area contributed by atoms with E-state index < -0.39 is 37.2 Å². The Balaban J connectivity index is 2.08. The number of nitrogens with zero attached hydrogens (tertiary/aromatic N) is 1. The molecule has 0 aromatic carbocycles. The number of sulfonamides is 1. The number of carbonyl (C=O) groups is 1. The van der Waals surface area contributed by atoms with Gasteiger partial charge in [0.2, 0.25) is 10.0 Å². The van der Waals surface area contributed by atoms with Crippen molar-refractivity contribution in [1.82, 2.24) is 4.31 Å².